The topological polar surface area (TPSA) is 4.93 Å². The van der Waals surface area contributed by atoms with Crippen LogP contribution in [0.4, 0.5) is 0 Å². The molecule has 0 saturated heterocycles. The van der Waals surface area contributed by atoms with Gasteiger partial charge in [-0.25, -0.2) is 0 Å². The Kier molecular flexibility index (Phi) is 6.52. The Labute approximate surface area is 114 Å². The zero-order valence-electron chi connectivity index (χ0n) is 12.8. The summed E-state index contributed by atoms with van der Waals surface area (Å²) in [5.74, 6) is 0. The van der Waals surface area contributed by atoms with E-state index in [2.05, 4.69) is 50.8 Å². The van der Waals surface area contributed by atoms with Crippen molar-refractivity contribution in [2.45, 2.75) is 77.6 Å². The molecule has 1 heterocycles. The molecule has 0 aliphatic carbocycles. The maximum Gasteiger partial charge on any atom is 0.0106 e. The van der Waals surface area contributed by atoms with Crippen molar-refractivity contribution in [1.29, 1.82) is 0 Å². The van der Waals surface area contributed by atoms with Gasteiger partial charge >= 0.3 is 0 Å². The highest BCUT2D eigenvalue weighted by molar-refractivity contribution is 5.21. The first-order chi connectivity index (χ1) is 8.62. The van der Waals surface area contributed by atoms with Crippen LogP contribution in [-0.2, 0) is 12.5 Å². The van der Waals surface area contributed by atoms with E-state index >= 15 is 0 Å². The lowest BCUT2D eigenvalue weighted by Gasteiger charge is -2.29. The summed E-state index contributed by atoms with van der Waals surface area (Å²) in [6, 6.07) is 2.31. The molecule has 1 unspecified atom stereocenters. The molecule has 1 aromatic rings. The average molecular weight is 249 g/mol. The molecule has 0 N–H and O–H groups in total. The summed E-state index contributed by atoms with van der Waals surface area (Å²) in [6.45, 7) is 7.04. The lowest BCUT2D eigenvalue weighted by Crippen LogP contribution is -2.21. The second-order valence-electron chi connectivity index (χ2n) is 6.04. The molecule has 1 heteroatoms. The minimum absolute atomic E-state index is 0.394. The molecule has 1 rings (SSSR count). The van der Waals surface area contributed by atoms with E-state index in [1.165, 1.54) is 56.9 Å². The van der Waals surface area contributed by atoms with Crippen molar-refractivity contribution in [2.75, 3.05) is 0 Å². The predicted molar refractivity (Wildman–Crippen MR) is 81.0 cm³/mol. The van der Waals surface area contributed by atoms with E-state index in [1.807, 2.05) is 0 Å². The Bertz CT molecular complexity index is 326. The van der Waals surface area contributed by atoms with Crippen LogP contribution in [0.15, 0.2) is 18.5 Å². The summed E-state index contributed by atoms with van der Waals surface area (Å²) in [7, 11) is 2.13. The van der Waals surface area contributed by atoms with Gasteiger partial charge in [0, 0.05) is 19.4 Å². The quantitative estimate of drug-likeness (QED) is 0.513. The molecule has 0 radical (unpaired) electrons. The Balaban J connectivity index is 2.62. The first-order valence-corrected chi connectivity index (χ1v) is 7.75. The van der Waals surface area contributed by atoms with Gasteiger partial charge in [-0.15, -0.1) is 0 Å². The summed E-state index contributed by atoms with van der Waals surface area (Å²) in [6.07, 6.45) is 15.3. The molecule has 0 aromatic carbocycles. The maximum atomic E-state index is 2.46. The van der Waals surface area contributed by atoms with Crippen molar-refractivity contribution >= 4 is 0 Å². The van der Waals surface area contributed by atoms with Crippen molar-refractivity contribution in [1.82, 2.24) is 4.57 Å². The summed E-state index contributed by atoms with van der Waals surface area (Å²) in [5.41, 5.74) is 1.93. The van der Waals surface area contributed by atoms with Gasteiger partial charge in [-0.05, 0) is 29.9 Å². The Hall–Kier alpha value is -0.720. The molecule has 18 heavy (non-hydrogen) atoms. The van der Waals surface area contributed by atoms with Crippen LogP contribution in [0.5, 0.6) is 0 Å². The fourth-order valence-electron chi connectivity index (χ4n) is 2.78. The van der Waals surface area contributed by atoms with Crippen LogP contribution in [0.25, 0.3) is 0 Å². The average Bonchev–Trinajstić information content (AvgIpc) is 2.80. The third kappa shape index (κ3) is 4.51. The van der Waals surface area contributed by atoms with E-state index in [-0.39, 0.29) is 0 Å². The van der Waals surface area contributed by atoms with Crippen molar-refractivity contribution in [2.24, 2.45) is 7.05 Å². The van der Waals surface area contributed by atoms with E-state index in [9.17, 15) is 0 Å². The molecule has 0 aliphatic rings. The van der Waals surface area contributed by atoms with Crippen LogP contribution in [0, 0.1) is 0 Å². The maximum absolute atomic E-state index is 2.46. The summed E-state index contributed by atoms with van der Waals surface area (Å²) >= 11 is 0. The van der Waals surface area contributed by atoms with Crippen LogP contribution >= 0.6 is 0 Å². The molecular weight excluding hydrogens is 218 g/mol. The highest BCUT2D eigenvalue weighted by atomic mass is 14.9. The normalized spacial score (nSPS) is 14.7. The van der Waals surface area contributed by atoms with Crippen LogP contribution in [0.2, 0.25) is 0 Å². The Morgan fingerprint density at radius 2 is 1.67 bits per heavy atom. The molecule has 1 nitrogen and oxygen atoms in total. The van der Waals surface area contributed by atoms with Crippen LogP contribution in [0.1, 0.15) is 77.7 Å². The minimum Gasteiger partial charge on any atom is -0.357 e. The Morgan fingerprint density at radius 1 is 1.00 bits per heavy atom. The molecule has 1 atom stereocenters. The Morgan fingerprint density at radius 3 is 2.22 bits per heavy atom. The lowest BCUT2D eigenvalue weighted by atomic mass is 9.75. The standard InChI is InChI=1S/C17H31N/c1-5-7-9-10-13-17(3,12-8-6-2)16-11-14-18(4)15-16/h11,14-15H,5-10,12-13H2,1-4H3. The highest BCUT2D eigenvalue weighted by Crippen LogP contribution is 2.35. The summed E-state index contributed by atoms with van der Waals surface area (Å²) in [4.78, 5) is 0. The number of rotatable bonds is 9. The number of aromatic nitrogens is 1. The summed E-state index contributed by atoms with van der Waals surface area (Å²) < 4.78 is 2.19. The van der Waals surface area contributed by atoms with Gasteiger partial charge in [-0.1, -0.05) is 59.3 Å². The zero-order chi connectivity index (χ0) is 13.4. The molecule has 104 valence electrons. The van der Waals surface area contributed by atoms with Gasteiger partial charge in [0.15, 0.2) is 0 Å². The van der Waals surface area contributed by atoms with Crippen molar-refractivity contribution in [3.05, 3.63) is 24.0 Å². The molecule has 0 aliphatic heterocycles. The summed E-state index contributed by atoms with van der Waals surface area (Å²) in [5, 5.41) is 0. The first-order valence-electron chi connectivity index (χ1n) is 7.75. The monoisotopic (exact) mass is 249 g/mol. The van der Waals surface area contributed by atoms with Crippen molar-refractivity contribution in [3.8, 4) is 0 Å². The highest BCUT2D eigenvalue weighted by Gasteiger charge is 2.26. The third-order valence-corrected chi connectivity index (χ3v) is 4.19. The SMILES string of the molecule is CCCCCCC(C)(CCCC)c1ccn(C)c1. The third-order valence-electron chi connectivity index (χ3n) is 4.19. The molecule has 0 bridgehead atoms. The van der Waals surface area contributed by atoms with Crippen molar-refractivity contribution < 1.29 is 0 Å². The zero-order valence-corrected chi connectivity index (χ0v) is 12.8. The van der Waals surface area contributed by atoms with Crippen molar-refractivity contribution in [3.63, 3.8) is 0 Å². The fourth-order valence-corrected chi connectivity index (χ4v) is 2.78. The van der Waals surface area contributed by atoms with Gasteiger partial charge in [0.1, 0.15) is 0 Å². The second-order valence-corrected chi connectivity index (χ2v) is 6.04. The minimum atomic E-state index is 0.394. The van der Waals surface area contributed by atoms with Gasteiger partial charge in [-0.3, -0.25) is 0 Å². The van der Waals surface area contributed by atoms with E-state index in [1.54, 1.807) is 0 Å². The molecule has 0 saturated carbocycles. The number of hydrogen-bond acceptors (Lipinski definition) is 0. The second kappa shape index (κ2) is 7.66. The molecule has 1 aromatic heterocycles. The predicted octanol–water partition coefficient (Wildman–Crippen LogP) is 5.44. The largest absolute Gasteiger partial charge is 0.357 e. The number of aryl methyl sites for hydroxylation is 1. The molecule has 0 fully saturated rings. The van der Waals surface area contributed by atoms with E-state index < -0.39 is 0 Å². The van der Waals surface area contributed by atoms with E-state index in [4.69, 9.17) is 0 Å². The first kappa shape index (κ1) is 15.3. The fraction of sp³-hybridized carbons (Fsp3) is 0.765. The molecule has 0 spiro atoms. The number of nitrogens with zero attached hydrogens (tertiary/aromatic N) is 1. The lowest BCUT2D eigenvalue weighted by molar-refractivity contribution is 0.369. The van der Waals surface area contributed by atoms with Gasteiger partial charge in [0.25, 0.3) is 0 Å². The van der Waals surface area contributed by atoms with E-state index in [0.717, 1.165) is 0 Å². The molecule has 0 amide bonds. The smallest absolute Gasteiger partial charge is 0.0106 e. The van der Waals surface area contributed by atoms with Gasteiger partial charge in [0.2, 0.25) is 0 Å². The molecular formula is C17H31N. The van der Waals surface area contributed by atoms with Crippen LogP contribution in [0.3, 0.4) is 0 Å². The van der Waals surface area contributed by atoms with E-state index in [0.29, 0.717) is 5.41 Å². The number of hydrogen-bond donors (Lipinski definition) is 0. The van der Waals surface area contributed by atoms with Crippen LogP contribution in [-0.4, -0.2) is 4.57 Å². The van der Waals surface area contributed by atoms with Gasteiger partial charge in [0.05, 0.1) is 0 Å². The number of unbranched alkanes of at least 4 members (excludes halogenated alkanes) is 4. The van der Waals surface area contributed by atoms with Gasteiger partial charge in [-0.2, -0.15) is 0 Å². The van der Waals surface area contributed by atoms with Crippen LogP contribution < -0.4 is 0 Å². The van der Waals surface area contributed by atoms with Gasteiger partial charge < -0.3 is 4.57 Å².